The molecule has 1 aliphatic rings. The predicted octanol–water partition coefficient (Wildman–Crippen LogP) is 1.33. The molecule has 0 aromatic carbocycles. The number of nitrogens with two attached hydrogens (primary N) is 1. The van der Waals surface area contributed by atoms with E-state index in [1.54, 1.807) is 0 Å². The lowest BCUT2D eigenvalue weighted by Crippen LogP contribution is -2.22. The maximum Gasteiger partial charge on any atom is 0.249 e. The van der Waals surface area contributed by atoms with Gasteiger partial charge in [-0.05, 0) is 26.2 Å². The molecule has 16 heavy (non-hydrogen) atoms. The first-order valence-electron chi connectivity index (χ1n) is 5.75. The van der Waals surface area contributed by atoms with Crippen LogP contribution in [0.3, 0.4) is 0 Å². The lowest BCUT2D eigenvalue weighted by Gasteiger charge is -1.97. The van der Waals surface area contributed by atoms with Crippen molar-refractivity contribution in [2.24, 2.45) is 5.73 Å². The summed E-state index contributed by atoms with van der Waals surface area (Å²) in [7, 11) is 0. The van der Waals surface area contributed by atoms with E-state index in [0.29, 0.717) is 6.42 Å². The molecule has 1 fully saturated rings. The second-order valence-corrected chi connectivity index (χ2v) is 4.01. The number of epoxide rings is 1. The summed E-state index contributed by atoms with van der Waals surface area (Å²) >= 11 is 0. The molecule has 1 rings (SSSR count). The highest BCUT2D eigenvalue weighted by atomic mass is 16.6. The van der Waals surface area contributed by atoms with E-state index in [-0.39, 0.29) is 5.78 Å². The fraction of sp³-hybridized carbons (Fsp3) is 0.667. The fourth-order valence-electron chi connectivity index (χ4n) is 1.62. The average molecular weight is 225 g/mol. The molecule has 90 valence electrons. The lowest BCUT2D eigenvalue weighted by atomic mass is 10.1. The molecule has 4 nitrogen and oxygen atoms in total. The van der Waals surface area contributed by atoms with Crippen LogP contribution >= 0.6 is 0 Å². The lowest BCUT2D eigenvalue weighted by molar-refractivity contribution is -0.121. The van der Waals surface area contributed by atoms with Gasteiger partial charge in [0.15, 0.2) is 18.0 Å². The molecule has 0 aromatic rings. The predicted molar refractivity (Wildman–Crippen MR) is 60.8 cm³/mol. The van der Waals surface area contributed by atoms with Gasteiger partial charge in [0, 0.05) is 6.42 Å². The van der Waals surface area contributed by atoms with E-state index in [0.717, 1.165) is 25.7 Å². The van der Waals surface area contributed by atoms with Crippen LogP contribution in [0.25, 0.3) is 0 Å². The zero-order valence-electron chi connectivity index (χ0n) is 9.65. The minimum atomic E-state index is -0.657. The van der Waals surface area contributed by atoms with E-state index < -0.39 is 18.1 Å². The number of amides is 1. The van der Waals surface area contributed by atoms with Crippen LogP contribution in [0.15, 0.2) is 12.2 Å². The van der Waals surface area contributed by atoms with Gasteiger partial charge in [-0.3, -0.25) is 9.59 Å². The van der Waals surface area contributed by atoms with Gasteiger partial charge >= 0.3 is 0 Å². The number of rotatable bonds is 8. The van der Waals surface area contributed by atoms with Crippen molar-refractivity contribution in [3.05, 3.63) is 12.2 Å². The topological polar surface area (TPSA) is 72.7 Å². The van der Waals surface area contributed by atoms with E-state index >= 15 is 0 Å². The highest BCUT2D eigenvalue weighted by molar-refractivity contribution is 5.95. The van der Waals surface area contributed by atoms with Crippen LogP contribution < -0.4 is 5.73 Å². The van der Waals surface area contributed by atoms with Crippen molar-refractivity contribution in [1.82, 2.24) is 0 Å². The first-order valence-corrected chi connectivity index (χ1v) is 5.75. The van der Waals surface area contributed by atoms with Crippen LogP contribution in [0.5, 0.6) is 0 Å². The molecule has 1 saturated heterocycles. The summed E-state index contributed by atoms with van der Waals surface area (Å²) in [6.07, 6.45) is 7.49. The Hall–Kier alpha value is -1.16. The second kappa shape index (κ2) is 6.43. The van der Waals surface area contributed by atoms with Crippen molar-refractivity contribution >= 4 is 11.7 Å². The molecule has 0 aliphatic carbocycles. The number of primary amides is 1. The molecule has 1 amide bonds. The molecule has 0 bridgehead atoms. The minimum Gasteiger partial charge on any atom is -0.367 e. The first kappa shape index (κ1) is 12.9. The largest absolute Gasteiger partial charge is 0.367 e. The molecule has 4 heteroatoms. The molecule has 0 spiro atoms. The highest BCUT2D eigenvalue weighted by Crippen LogP contribution is 2.24. The molecule has 0 radical (unpaired) electrons. The molecular formula is C12H19NO3. The molecule has 1 aliphatic heterocycles. The molecule has 2 N–H and O–H groups in total. The molecular weight excluding hydrogens is 206 g/mol. The van der Waals surface area contributed by atoms with Gasteiger partial charge in [0.2, 0.25) is 5.91 Å². The van der Waals surface area contributed by atoms with Crippen LogP contribution in [-0.2, 0) is 14.3 Å². The van der Waals surface area contributed by atoms with Crippen molar-refractivity contribution < 1.29 is 14.3 Å². The maximum absolute atomic E-state index is 11.5. The highest BCUT2D eigenvalue weighted by Gasteiger charge is 2.48. The van der Waals surface area contributed by atoms with Gasteiger partial charge in [-0.2, -0.15) is 0 Å². The third-order valence-corrected chi connectivity index (χ3v) is 2.62. The summed E-state index contributed by atoms with van der Waals surface area (Å²) < 4.78 is 4.90. The van der Waals surface area contributed by atoms with Gasteiger partial charge in [0.25, 0.3) is 0 Å². The number of ether oxygens (including phenoxy) is 1. The second-order valence-electron chi connectivity index (χ2n) is 4.01. The number of carbonyl (C=O) groups excluding carboxylic acids is 2. The zero-order valence-corrected chi connectivity index (χ0v) is 9.65. The Bertz CT molecular complexity index is 286. The standard InChI is InChI=1S/C12H19NO3/c1-2-3-4-5-6-7-8-9(14)10-11(16-10)12(13)15/h2-3,10-11H,4-8H2,1H3,(H2,13,15)/b3-2+. The van der Waals surface area contributed by atoms with Crippen LogP contribution in [0.2, 0.25) is 0 Å². The third-order valence-electron chi connectivity index (χ3n) is 2.62. The normalized spacial score (nSPS) is 23.6. The number of ketones is 1. The number of allylic oxidation sites excluding steroid dienone is 2. The SMILES string of the molecule is C/C=C/CCCCCC(=O)C1OC1C(N)=O. The monoisotopic (exact) mass is 225 g/mol. The van der Waals surface area contributed by atoms with Crippen LogP contribution in [0.1, 0.15) is 39.0 Å². The van der Waals surface area contributed by atoms with Crippen molar-refractivity contribution in [3.63, 3.8) is 0 Å². The molecule has 2 atom stereocenters. The van der Waals surface area contributed by atoms with Crippen LogP contribution in [0, 0.1) is 0 Å². The van der Waals surface area contributed by atoms with Gasteiger partial charge in [-0.1, -0.05) is 18.6 Å². The number of Topliss-reactive ketones (excluding diaryl/α,β-unsaturated/α-hetero) is 1. The van der Waals surface area contributed by atoms with Gasteiger partial charge in [-0.25, -0.2) is 0 Å². The van der Waals surface area contributed by atoms with Crippen molar-refractivity contribution in [2.45, 2.75) is 51.2 Å². The fourth-order valence-corrected chi connectivity index (χ4v) is 1.62. The summed E-state index contributed by atoms with van der Waals surface area (Å²) in [5.41, 5.74) is 5.01. The van der Waals surface area contributed by atoms with Crippen LogP contribution in [0.4, 0.5) is 0 Å². The average Bonchev–Trinajstić information content (AvgIpc) is 3.02. The number of unbranched alkanes of at least 4 members (excludes halogenated alkanes) is 3. The Kier molecular flexibility index (Phi) is 5.19. The summed E-state index contributed by atoms with van der Waals surface area (Å²) in [4.78, 5) is 22.1. The summed E-state index contributed by atoms with van der Waals surface area (Å²) in [5.74, 6) is -0.527. The molecule has 1 heterocycles. The zero-order chi connectivity index (χ0) is 12.0. The number of hydrogen-bond donors (Lipinski definition) is 1. The molecule has 2 unspecified atom stereocenters. The van der Waals surface area contributed by atoms with Crippen molar-refractivity contribution in [1.29, 1.82) is 0 Å². The van der Waals surface area contributed by atoms with Gasteiger partial charge < -0.3 is 10.5 Å². The maximum atomic E-state index is 11.5. The van der Waals surface area contributed by atoms with E-state index in [4.69, 9.17) is 10.5 Å². The Morgan fingerprint density at radius 1 is 1.25 bits per heavy atom. The quantitative estimate of drug-likeness (QED) is 0.385. The Morgan fingerprint density at radius 2 is 2.00 bits per heavy atom. The van der Waals surface area contributed by atoms with Gasteiger partial charge in [0.05, 0.1) is 0 Å². The third kappa shape index (κ3) is 4.14. The Labute approximate surface area is 95.8 Å². The Balaban J connectivity index is 2.02. The molecule has 0 aromatic heterocycles. The minimum absolute atomic E-state index is 0.00911. The van der Waals surface area contributed by atoms with E-state index in [9.17, 15) is 9.59 Å². The Morgan fingerprint density at radius 3 is 2.56 bits per heavy atom. The van der Waals surface area contributed by atoms with Gasteiger partial charge in [0.1, 0.15) is 0 Å². The van der Waals surface area contributed by atoms with E-state index in [1.165, 1.54) is 0 Å². The van der Waals surface area contributed by atoms with E-state index in [1.807, 2.05) is 13.0 Å². The summed E-state index contributed by atoms with van der Waals surface area (Å²) in [6, 6.07) is 0. The van der Waals surface area contributed by atoms with Crippen molar-refractivity contribution in [3.8, 4) is 0 Å². The first-order chi connectivity index (χ1) is 7.66. The van der Waals surface area contributed by atoms with Crippen molar-refractivity contribution in [2.75, 3.05) is 0 Å². The number of carbonyl (C=O) groups is 2. The number of hydrogen-bond acceptors (Lipinski definition) is 3. The van der Waals surface area contributed by atoms with Crippen LogP contribution in [-0.4, -0.2) is 23.9 Å². The van der Waals surface area contributed by atoms with E-state index in [2.05, 4.69) is 6.08 Å². The van der Waals surface area contributed by atoms with Gasteiger partial charge in [-0.15, -0.1) is 0 Å². The summed E-state index contributed by atoms with van der Waals surface area (Å²) in [5, 5.41) is 0. The smallest absolute Gasteiger partial charge is 0.249 e. The summed E-state index contributed by atoms with van der Waals surface area (Å²) in [6.45, 7) is 2.00. The molecule has 0 saturated carbocycles.